The summed E-state index contributed by atoms with van der Waals surface area (Å²) in [4.78, 5) is 24.1. The number of nitrogens with two attached hydrogens (primary N) is 1. The molecule has 2 amide bonds. The Kier molecular flexibility index (Phi) is 4.04. The van der Waals surface area contributed by atoms with Crippen LogP contribution in [0.2, 0.25) is 0 Å². The number of hydrogen-bond acceptors (Lipinski definition) is 3. The van der Waals surface area contributed by atoms with Gasteiger partial charge in [-0.1, -0.05) is 30.3 Å². The van der Waals surface area contributed by atoms with E-state index in [4.69, 9.17) is 5.73 Å². The molecular weight excluding hydrogens is 228 g/mol. The van der Waals surface area contributed by atoms with Gasteiger partial charge in [-0.05, 0) is 5.56 Å². The van der Waals surface area contributed by atoms with Crippen LogP contribution in [0.25, 0.3) is 0 Å². The quantitative estimate of drug-likeness (QED) is 0.774. The van der Waals surface area contributed by atoms with Crippen molar-refractivity contribution in [1.29, 1.82) is 0 Å². The highest BCUT2D eigenvalue weighted by Gasteiger charge is 2.35. The lowest BCUT2D eigenvalue weighted by atomic mass is 10.2. The van der Waals surface area contributed by atoms with E-state index in [9.17, 15) is 9.59 Å². The van der Waals surface area contributed by atoms with Crippen molar-refractivity contribution in [3.63, 3.8) is 0 Å². The Balaban J connectivity index is 0.00000128. The fourth-order valence-electron chi connectivity index (χ4n) is 1.64. The molecule has 16 heavy (non-hydrogen) atoms. The van der Waals surface area contributed by atoms with Crippen molar-refractivity contribution in [3.05, 3.63) is 35.9 Å². The van der Waals surface area contributed by atoms with Gasteiger partial charge in [0.15, 0.2) is 0 Å². The standard InChI is InChI=1S/C11H12N2O2.ClH/c12-9-6-10(14)13(11(9)15)7-8-4-2-1-3-5-8;/h1-5,9H,6-7,12H2;1H. The summed E-state index contributed by atoms with van der Waals surface area (Å²) in [6.45, 7) is 0.326. The van der Waals surface area contributed by atoms with Gasteiger partial charge >= 0.3 is 0 Å². The van der Waals surface area contributed by atoms with Crippen LogP contribution >= 0.6 is 12.4 Å². The van der Waals surface area contributed by atoms with Gasteiger partial charge in [-0.15, -0.1) is 12.4 Å². The molecule has 1 atom stereocenters. The van der Waals surface area contributed by atoms with Crippen molar-refractivity contribution in [2.24, 2.45) is 5.73 Å². The second kappa shape index (κ2) is 5.09. The number of likely N-dealkylation sites (tertiary alicyclic amines) is 1. The molecule has 0 spiro atoms. The van der Waals surface area contributed by atoms with Crippen LogP contribution in [0.15, 0.2) is 30.3 Å². The van der Waals surface area contributed by atoms with Crippen LogP contribution in [0.1, 0.15) is 12.0 Å². The van der Waals surface area contributed by atoms with E-state index in [1.165, 1.54) is 4.90 Å². The molecule has 2 rings (SSSR count). The van der Waals surface area contributed by atoms with Gasteiger partial charge in [-0.2, -0.15) is 0 Å². The molecule has 0 aromatic heterocycles. The van der Waals surface area contributed by atoms with Gasteiger partial charge in [0.1, 0.15) is 0 Å². The number of hydrogen-bond donors (Lipinski definition) is 1. The lowest BCUT2D eigenvalue weighted by Crippen LogP contribution is -2.34. The largest absolute Gasteiger partial charge is 0.319 e. The van der Waals surface area contributed by atoms with Crippen LogP contribution in [-0.4, -0.2) is 22.8 Å². The Bertz CT molecular complexity index is 394. The van der Waals surface area contributed by atoms with Crippen molar-refractivity contribution in [3.8, 4) is 0 Å². The molecule has 0 bridgehead atoms. The van der Waals surface area contributed by atoms with Crippen LogP contribution in [0.4, 0.5) is 0 Å². The minimum absolute atomic E-state index is 0. The van der Waals surface area contributed by atoms with E-state index in [-0.39, 0.29) is 30.6 Å². The lowest BCUT2D eigenvalue weighted by Gasteiger charge is -2.13. The summed E-state index contributed by atoms with van der Waals surface area (Å²) in [5.41, 5.74) is 6.44. The van der Waals surface area contributed by atoms with Crippen LogP contribution in [0.3, 0.4) is 0 Å². The molecule has 1 aliphatic rings. The first kappa shape index (κ1) is 12.7. The summed E-state index contributed by atoms with van der Waals surface area (Å²) in [7, 11) is 0. The van der Waals surface area contributed by atoms with E-state index in [0.29, 0.717) is 6.54 Å². The molecule has 4 nitrogen and oxygen atoms in total. The van der Waals surface area contributed by atoms with Gasteiger partial charge in [0, 0.05) is 0 Å². The second-order valence-electron chi connectivity index (χ2n) is 3.61. The number of amides is 2. The monoisotopic (exact) mass is 240 g/mol. The summed E-state index contributed by atoms with van der Waals surface area (Å²) in [6, 6.07) is 8.75. The highest BCUT2D eigenvalue weighted by atomic mass is 35.5. The molecule has 1 aromatic carbocycles. The van der Waals surface area contributed by atoms with E-state index < -0.39 is 6.04 Å². The van der Waals surface area contributed by atoms with Gasteiger partial charge in [0.05, 0.1) is 19.0 Å². The van der Waals surface area contributed by atoms with E-state index >= 15 is 0 Å². The minimum atomic E-state index is -0.652. The summed E-state index contributed by atoms with van der Waals surface area (Å²) >= 11 is 0. The smallest absolute Gasteiger partial charge is 0.246 e. The number of benzene rings is 1. The molecule has 0 radical (unpaired) electrons. The average Bonchev–Trinajstić information content (AvgIpc) is 2.47. The maximum absolute atomic E-state index is 11.5. The number of carbonyl (C=O) groups excluding carboxylic acids is 2. The topological polar surface area (TPSA) is 63.4 Å². The summed E-state index contributed by atoms with van der Waals surface area (Å²) in [6.07, 6.45) is 0.131. The zero-order valence-electron chi connectivity index (χ0n) is 8.63. The van der Waals surface area contributed by atoms with Gasteiger partial charge in [-0.25, -0.2) is 0 Å². The zero-order valence-corrected chi connectivity index (χ0v) is 9.44. The van der Waals surface area contributed by atoms with Crippen molar-refractivity contribution in [1.82, 2.24) is 4.90 Å². The van der Waals surface area contributed by atoms with Crippen LogP contribution in [0, 0.1) is 0 Å². The highest BCUT2D eigenvalue weighted by molar-refractivity contribution is 6.05. The summed E-state index contributed by atoms with van der Waals surface area (Å²) < 4.78 is 0. The van der Waals surface area contributed by atoms with Crippen LogP contribution in [-0.2, 0) is 16.1 Å². The van der Waals surface area contributed by atoms with Crippen LogP contribution in [0.5, 0.6) is 0 Å². The number of imide groups is 1. The third-order valence-electron chi connectivity index (χ3n) is 2.46. The number of carbonyl (C=O) groups is 2. The van der Waals surface area contributed by atoms with Crippen molar-refractivity contribution >= 4 is 24.2 Å². The molecule has 5 heteroatoms. The van der Waals surface area contributed by atoms with Crippen molar-refractivity contribution in [2.45, 2.75) is 19.0 Å². The average molecular weight is 241 g/mol. The Morgan fingerprint density at radius 2 is 1.88 bits per heavy atom. The molecule has 1 fully saturated rings. The first-order valence-corrected chi connectivity index (χ1v) is 4.82. The fourth-order valence-corrected chi connectivity index (χ4v) is 1.64. The molecule has 1 aromatic rings. The minimum Gasteiger partial charge on any atom is -0.319 e. The number of halogens is 1. The lowest BCUT2D eigenvalue weighted by molar-refractivity contribution is -0.139. The Labute approximate surface area is 99.8 Å². The Morgan fingerprint density at radius 1 is 1.25 bits per heavy atom. The normalized spacial score (nSPS) is 19.8. The maximum atomic E-state index is 11.5. The van der Waals surface area contributed by atoms with Crippen molar-refractivity contribution in [2.75, 3.05) is 0 Å². The predicted octanol–water partition coefficient (Wildman–Crippen LogP) is 0.695. The molecular formula is C11H13ClN2O2. The first-order chi connectivity index (χ1) is 7.18. The molecule has 0 aliphatic carbocycles. The summed E-state index contributed by atoms with van der Waals surface area (Å²) in [5, 5.41) is 0. The summed E-state index contributed by atoms with van der Waals surface area (Å²) in [5.74, 6) is -0.458. The second-order valence-corrected chi connectivity index (χ2v) is 3.61. The molecule has 1 aliphatic heterocycles. The third-order valence-corrected chi connectivity index (χ3v) is 2.46. The molecule has 0 saturated carbocycles. The fraction of sp³-hybridized carbons (Fsp3) is 0.273. The van der Waals surface area contributed by atoms with Gasteiger partial charge < -0.3 is 5.73 Å². The zero-order chi connectivity index (χ0) is 10.8. The third kappa shape index (κ3) is 2.40. The first-order valence-electron chi connectivity index (χ1n) is 4.82. The van der Waals surface area contributed by atoms with E-state index in [2.05, 4.69) is 0 Å². The van der Waals surface area contributed by atoms with E-state index in [0.717, 1.165) is 5.56 Å². The molecule has 2 N–H and O–H groups in total. The van der Waals surface area contributed by atoms with E-state index in [1.807, 2.05) is 30.3 Å². The molecule has 1 heterocycles. The molecule has 1 unspecified atom stereocenters. The van der Waals surface area contributed by atoms with Gasteiger partial charge in [0.25, 0.3) is 0 Å². The number of nitrogens with zero attached hydrogens (tertiary/aromatic N) is 1. The highest BCUT2D eigenvalue weighted by Crippen LogP contribution is 2.14. The van der Waals surface area contributed by atoms with E-state index in [1.54, 1.807) is 0 Å². The Morgan fingerprint density at radius 3 is 2.38 bits per heavy atom. The number of rotatable bonds is 2. The molecule has 1 saturated heterocycles. The van der Waals surface area contributed by atoms with Gasteiger partial charge in [-0.3, -0.25) is 14.5 Å². The molecule has 86 valence electrons. The SMILES string of the molecule is Cl.NC1CC(=O)N(Cc2ccccc2)C1=O. The van der Waals surface area contributed by atoms with Crippen LogP contribution < -0.4 is 5.73 Å². The van der Waals surface area contributed by atoms with Crippen molar-refractivity contribution < 1.29 is 9.59 Å². The Hall–Kier alpha value is -1.39. The maximum Gasteiger partial charge on any atom is 0.246 e. The van der Waals surface area contributed by atoms with Gasteiger partial charge in [0.2, 0.25) is 11.8 Å². The predicted molar refractivity (Wildman–Crippen MR) is 61.8 cm³/mol.